The summed E-state index contributed by atoms with van der Waals surface area (Å²) in [6.45, 7) is 2.22. The van der Waals surface area contributed by atoms with Crippen LogP contribution in [-0.2, 0) is 4.79 Å². The second-order valence-electron chi connectivity index (χ2n) is 6.72. The van der Waals surface area contributed by atoms with Gasteiger partial charge in [0.25, 0.3) is 5.56 Å². The molecule has 0 spiro atoms. The van der Waals surface area contributed by atoms with Crippen molar-refractivity contribution in [2.75, 3.05) is 27.4 Å². The summed E-state index contributed by atoms with van der Waals surface area (Å²) >= 11 is 0. The van der Waals surface area contributed by atoms with E-state index in [2.05, 4.69) is 10.4 Å². The van der Waals surface area contributed by atoms with Crippen molar-refractivity contribution in [3.8, 4) is 28.5 Å². The molecule has 1 amide bonds. The number of nitrogens with one attached hydrogen (secondary N) is 1. The Balaban J connectivity index is 1.59. The summed E-state index contributed by atoms with van der Waals surface area (Å²) in [7, 11) is 3.19. The number of hydrogen-bond acceptors (Lipinski definition) is 6. The van der Waals surface area contributed by atoms with Gasteiger partial charge in [0.2, 0.25) is 5.91 Å². The van der Waals surface area contributed by atoms with E-state index in [1.54, 1.807) is 51.5 Å². The van der Waals surface area contributed by atoms with Crippen LogP contribution in [-0.4, -0.2) is 43.1 Å². The lowest BCUT2D eigenvalue weighted by Gasteiger charge is -2.15. The molecule has 1 aromatic heterocycles. The Morgan fingerprint density at radius 3 is 2.13 bits per heavy atom. The average Bonchev–Trinajstić information content (AvgIpc) is 2.82. The van der Waals surface area contributed by atoms with Gasteiger partial charge in [-0.05, 0) is 61.5 Å². The van der Waals surface area contributed by atoms with Crippen molar-refractivity contribution >= 4 is 5.91 Å². The molecule has 0 aliphatic heterocycles. The van der Waals surface area contributed by atoms with Crippen molar-refractivity contribution in [2.24, 2.45) is 0 Å². The maximum Gasteiger partial charge on any atom is 0.267 e. The lowest BCUT2D eigenvalue weighted by molar-refractivity contribution is -0.124. The van der Waals surface area contributed by atoms with E-state index in [0.717, 1.165) is 17.1 Å². The van der Waals surface area contributed by atoms with Crippen LogP contribution >= 0.6 is 0 Å². The molecule has 1 unspecified atom stereocenters. The number of hydrogen-bond donors (Lipinski definition) is 1. The highest BCUT2D eigenvalue weighted by molar-refractivity contribution is 5.79. The minimum atomic E-state index is -0.772. The minimum Gasteiger partial charge on any atom is -0.497 e. The molecule has 31 heavy (non-hydrogen) atoms. The van der Waals surface area contributed by atoms with E-state index in [0.29, 0.717) is 24.6 Å². The van der Waals surface area contributed by atoms with Gasteiger partial charge >= 0.3 is 0 Å². The maximum atomic E-state index is 12.5. The number of carbonyl (C=O) groups excluding carboxylic acids is 1. The zero-order valence-electron chi connectivity index (χ0n) is 17.7. The van der Waals surface area contributed by atoms with E-state index >= 15 is 0 Å². The molecule has 0 saturated heterocycles. The number of benzene rings is 2. The molecule has 0 aliphatic carbocycles. The fraction of sp³-hybridized carbons (Fsp3) is 0.261. The van der Waals surface area contributed by atoms with Crippen LogP contribution in [0.5, 0.6) is 17.2 Å². The number of rotatable bonds is 9. The molecule has 0 radical (unpaired) electrons. The Hall–Kier alpha value is -3.81. The van der Waals surface area contributed by atoms with Gasteiger partial charge in [-0.25, -0.2) is 4.68 Å². The number of nitrogens with zero attached hydrogens (tertiary/aromatic N) is 2. The molecule has 0 fully saturated rings. The van der Waals surface area contributed by atoms with Crippen LogP contribution in [0.4, 0.5) is 0 Å². The highest BCUT2D eigenvalue weighted by atomic mass is 16.5. The van der Waals surface area contributed by atoms with E-state index in [9.17, 15) is 9.59 Å². The second-order valence-corrected chi connectivity index (χ2v) is 6.72. The van der Waals surface area contributed by atoms with Gasteiger partial charge in [-0.1, -0.05) is 0 Å². The summed E-state index contributed by atoms with van der Waals surface area (Å²) in [5.41, 5.74) is 1.05. The molecule has 3 aromatic rings. The van der Waals surface area contributed by atoms with Crippen LogP contribution in [0.2, 0.25) is 0 Å². The molecule has 0 saturated carbocycles. The van der Waals surface area contributed by atoms with Crippen LogP contribution in [0.3, 0.4) is 0 Å². The third-order valence-corrected chi connectivity index (χ3v) is 4.69. The van der Waals surface area contributed by atoms with Gasteiger partial charge in [0, 0.05) is 11.6 Å². The van der Waals surface area contributed by atoms with Crippen molar-refractivity contribution in [2.45, 2.75) is 13.0 Å². The SMILES string of the molecule is COc1ccc(OCCNC(=O)C(C)n2nc(-c3ccc(OC)cc3)ccc2=O)cc1. The molecule has 1 atom stereocenters. The Labute approximate surface area is 180 Å². The average molecular weight is 423 g/mol. The summed E-state index contributed by atoms with van der Waals surface area (Å²) in [6.07, 6.45) is 0. The summed E-state index contributed by atoms with van der Waals surface area (Å²) in [4.78, 5) is 24.8. The van der Waals surface area contributed by atoms with E-state index < -0.39 is 6.04 Å². The first-order chi connectivity index (χ1) is 15.0. The van der Waals surface area contributed by atoms with Crippen molar-refractivity contribution < 1.29 is 19.0 Å². The molecule has 8 heteroatoms. The van der Waals surface area contributed by atoms with Crippen LogP contribution in [0.15, 0.2) is 65.5 Å². The van der Waals surface area contributed by atoms with Crippen molar-refractivity contribution in [3.63, 3.8) is 0 Å². The highest BCUT2D eigenvalue weighted by Crippen LogP contribution is 2.20. The predicted octanol–water partition coefficient (Wildman–Crippen LogP) is 2.68. The Morgan fingerprint density at radius 1 is 0.935 bits per heavy atom. The fourth-order valence-corrected chi connectivity index (χ4v) is 2.89. The largest absolute Gasteiger partial charge is 0.497 e. The zero-order valence-corrected chi connectivity index (χ0v) is 17.7. The Bertz CT molecular complexity index is 1060. The molecule has 162 valence electrons. The van der Waals surface area contributed by atoms with Crippen molar-refractivity contribution in [1.29, 1.82) is 0 Å². The van der Waals surface area contributed by atoms with Gasteiger partial charge in [0.15, 0.2) is 0 Å². The molecule has 0 aliphatic rings. The zero-order chi connectivity index (χ0) is 22.2. The molecular formula is C23H25N3O5. The third-order valence-electron chi connectivity index (χ3n) is 4.69. The first-order valence-corrected chi connectivity index (χ1v) is 9.80. The van der Waals surface area contributed by atoms with E-state index in [1.165, 1.54) is 10.7 Å². The van der Waals surface area contributed by atoms with Crippen molar-refractivity contribution in [1.82, 2.24) is 15.1 Å². The smallest absolute Gasteiger partial charge is 0.267 e. The lowest BCUT2D eigenvalue weighted by Crippen LogP contribution is -2.38. The van der Waals surface area contributed by atoms with Crippen molar-refractivity contribution in [3.05, 3.63) is 71.0 Å². The molecule has 8 nitrogen and oxygen atoms in total. The third kappa shape index (κ3) is 5.63. The Morgan fingerprint density at radius 2 is 1.52 bits per heavy atom. The van der Waals surface area contributed by atoms with Gasteiger partial charge in [0.1, 0.15) is 29.9 Å². The fourth-order valence-electron chi connectivity index (χ4n) is 2.89. The first kappa shape index (κ1) is 21.9. The summed E-state index contributed by atoms with van der Waals surface area (Å²) in [5.74, 6) is 1.82. The quantitative estimate of drug-likeness (QED) is 0.532. The molecule has 1 heterocycles. The first-order valence-electron chi connectivity index (χ1n) is 9.80. The molecule has 0 bridgehead atoms. The summed E-state index contributed by atoms with van der Waals surface area (Å²) < 4.78 is 17.0. The van der Waals surface area contributed by atoms with E-state index in [4.69, 9.17) is 14.2 Å². The van der Waals surface area contributed by atoms with E-state index in [1.807, 2.05) is 24.3 Å². The highest BCUT2D eigenvalue weighted by Gasteiger charge is 2.17. The summed E-state index contributed by atoms with van der Waals surface area (Å²) in [5, 5.41) is 7.14. The van der Waals surface area contributed by atoms with Crippen LogP contribution < -0.4 is 25.1 Å². The standard InChI is InChI=1S/C23H25N3O5/c1-16(23(28)24-14-15-31-20-10-8-19(30-3)9-11-20)26-22(27)13-12-21(25-26)17-4-6-18(29-2)7-5-17/h4-13,16H,14-15H2,1-3H3,(H,24,28). The monoisotopic (exact) mass is 423 g/mol. The minimum absolute atomic E-state index is 0.291. The van der Waals surface area contributed by atoms with Gasteiger partial charge in [0.05, 0.1) is 26.5 Å². The number of aromatic nitrogens is 2. The van der Waals surface area contributed by atoms with Gasteiger partial charge in [-0.2, -0.15) is 5.10 Å². The van der Waals surface area contributed by atoms with Gasteiger partial charge in [-0.15, -0.1) is 0 Å². The second kappa shape index (κ2) is 10.3. The Kier molecular flexibility index (Phi) is 7.26. The van der Waals surface area contributed by atoms with Gasteiger partial charge in [-0.3, -0.25) is 9.59 Å². The van der Waals surface area contributed by atoms with Crippen LogP contribution in [0.25, 0.3) is 11.3 Å². The number of methoxy groups -OCH3 is 2. The number of ether oxygens (including phenoxy) is 3. The molecule has 2 aromatic carbocycles. The van der Waals surface area contributed by atoms with Crippen LogP contribution in [0.1, 0.15) is 13.0 Å². The predicted molar refractivity (Wildman–Crippen MR) is 117 cm³/mol. The lowest BCUT2D eigenvalue weighted by atomic mass is 10.1. The van der Waals surface area contributed by atoms with Crippen LogP contribution in [0, 0.1) is 0 Å². The number of amides is 1. The van der Waals surface area contributed by atoms with Gasteiger partial charge < -0.3 is 19.5 Å². The topological polar surface area (TPSA) is 91.7 Å². The summed E-state index contributed by atoms with van der Waals surface area (Å²) in [6, 6.07) is 16.7. The molecular weight excluding hydrogens is 398 g/mol. The number of carbonyl (C=O) groups is 1. The normalized spacial score (nSPS) is 11.5. The molecule has 3 rings (SSSR count). The molecule has 1 N–H and O–H groups in total. The van der Waals surface area contributed by atoms with E-state index in [-0.39, 0.29) is 11.5 Å². The maximum absolute atomic E-state index is 12.5.